The molecular formula is C29H28N3O4P. The van der Waals surface area contributed by atoms with Crippen molar-refractivity contribution in [3.63, 3.8) is 0 Å². The Kier molecular flexibility index (Phi) is 6.69. The molecule has 0 aliphatic carbocycles. The van der Waals surface area contributed by atoms with Crippen LogP contribution in [0.1, 0.15) is 27.8 Å². The first-order valence-corrected chi connectivity index (χ1v) is 13.6. The van der Waals surface area contributed by atoms with Gasteiger partial charge in [0.05, 0.1) is 10.8 Å². The van der Waals surface area contributed by atoms with E-state index in [2.05, 4.69) is 41.2 Å². The Morgan fingerprint density at radius 2 is 1.76 bits per heavy atom. The number of anilines is 1. The Morgan fingerprint density at radius 3 is 2.54 bits per heavy atom. The minimum atomic E-state index is -4.29. The van der Waals surface area contributed by atoms with Gasteiger partial charge in [0.15, 0.2) is 5.82 Å². The molecule has 0 amide bonds. The van der Waals surface area contributed by atoms with Gasteiger partial charge in [-0.1, -0.05) is 30.3 Å². The van der Waals surface area contributed by atoms with Crippen LogP contribution in [0.3, 0.4) is 0 Å². The number of aryl methyl sites for hydroxylation is 4. The molecule has 2 heterocycles. The van der Waals surface area contributed by atoms with Gasteiger partial charge in [0.25, 0.3) is 0 Å². The molecular weight excluding hydrogens is 485 g/mol. The predicted molar refractivity (Wildman–Crippen MR) is 147 cm³/mol. The molecule has 2 aromatic heterocycles. The molecule has 4 N–H and O–H groups in total. The van der Waals surface area contributed by atoms with Crippen LogP contribution in [0.25, 0.3) is 21.8 Å². The molecule has 5 rings (SSSR count). The van der Waals surface area contributed by atoms with Gasteiger partial charge in [0.2, 0.25) is 0 Å². The smallest absolute Gasteiger partial charge is 0.356 e. The predicted octanol–water partition coefficient (Wildman–Crippen LogP) is 5.15. The Hall–Kier alpha value is -3.77. The van der Waals surface area contributed by atoms with Crippen LogP contribution in [0.2, 0.25) is 0 Å². The van der Waals surface area contributed by atoms with E-state index in [1.807, 2.05) is 31.3 Å². The minimum absolute atomic E-state index is 0.00892. The molecule has 3 aromatic carbocycles. The maximum absolute atomic E-state index is 11.5. The second kappa shape index (κ2) is 9.94. The van der Waals surface area contributed by atoms with Crippen LogP contribution < -0.4 is 15.8 Å². The number of aromatic nitrogens is 2. The lowest BCUT2D eigenvalue weighted by Gasteiger charge is -2.12. The first-order chi connectivity index (χ1) is 17.7. The van der Waals surface area contributed by atoms with Gasteiger partial charge in [-0.25, -0.2) is 4.98 Å². The van der Waals surface area contributed by atoms with Crippen molar-refractivity contribution in [2.45, 2.75) is 33.3 Å². The van der Waals surface area contributed by atoms with E-state index in [4.69, 9.17) is 10.5 Å². The molecule has 7 nitrogen and oxygen atoms in total. The van der Waals surface area contributed by atoms with Crippen molar-refractivity contribution in [1.29, 1.82) is 0 Å². The lowest BCUT2D eigenvalue weighted by atomic mass is 9.99. The molecule has 0 aliphatic heterocycles. The van der Waals surface area contributed by atoms with Gasteiger partial charge in [-0.05, 0) is 90.9 Å². The molecule has 0 unspecified atom stereocenters. The van der Waals surface area contributed by atoms with Crippen molar-refractivity contribution in [2.24, 2.45) is 0 Å². The van der Waals surface area contributed by atoms with Crippen LogP contribution in [0.5, 0.6) is 5.75 Å². The summed E-state index contributed by atoms with van der Waals surface area (Å²) >= 11 is 0. The molecule has 0 radical (unpaired) electrons. The normalized spacial score (nSPS) is 11.8. The summed E-state index contributed by atoms with van der Waals surface area (Å²) in [5.41, 5.74) is 13.1. The second-order valence-electron chi connectivity index (χ2n) is 9.35. The van der Waals surface area contributed by atoms with Crippen LogP contribution in [0.15, 0.2) is 72.9 Å². The van der Waals surface area contributed by atoms with Gasteiger partial charge >= 0.3 is 7.60 Å². The monoisotopic (exact) mass is 513 g/mol. The Balaban J connectivity index is 1.29. The summed E-state index contributed by atoms with van der Waals surface area (Å²) < 4.78 is 17.4. The average molecular weight is 514 g/mol. The number of rotatable bonds is 7. The lowest BCUT2D eigenvalue weighted by molar-refractivity contribution is 0.306. The standard InChI is InChI=1S/C29H28N3O4P/c1-18-6-11-25-26-15-20(16-31-28(26)29(30)32-27(25)12-18)7-8-22-9-10-23(13-19(22)2)36-17-21-4-3-5-24(14-21)37(33,34)35/h3-6,9-16H,7-8,17H2,1-2H3,(H2,30,32)(H2,33,34,35). The Bertz CT molecular complexity index is 1680. The fraction of sp³-hybridized carbons (Fsp3) is 0.172. The van der Waals surface area contributed by atoms with Crippen molar-refractivity contribution >= 4 is 40.5 Å². The molecule has 0 bridgehead atoms. The summed E-state index contributed by atoms with van der Waals surface area (Å²) in [7, 11) is -4.29. The summed E-state index contributed by atoms with van der Waals surface area (Å²) in [4.78, 5) is 27.9. The Morgan fingerprint density at radius 1 is 0.919 bits per heavy atom. The summed E-state index contributed by atoms with van der Waals surface area (Å²) in [6.07, 6.45) is 3.55. The van der Waals surface area contributed by atoms with Crippen molar-refractivity contribution < 1.29 is 19.1 Å². The lowest BCUT2D eigenvalue weighted by Crippen LogP contribution is -2.06. The van der Waals surface area contributed by atoms with Gasteiger partial charge < -0.3 is 20.3 Å². The van der Waals surface area contributed by atoms with Crippen molar-refractivity contribution in [1.82, 2.24) is 9.97 Å². The van der Waals surface area contributed by atoms with Crippen LogP contribution in [-0.2, 0) is 24.0 Å². The van der Waals surface area contributed by atoms with Crippen LogP contribution in [0, 0.1) is 13.8 Å². The third kappa shape index (κ3) is 5.49. The first-order valence-electron chi connectivity index (χ1n) is 12.0. The van der Waals surface area contributed by atoms with E-state index >= 15 is 0 Å². The summed E-state index contributed by atoms with van der Waals surface area (Å²) in [5.74, 6) is 1.15. The summed E-state index contributed by atoms with van der Waals surface area (Å²) in [6, 6.07) is 20.6. The van der Waals surface area contributed by atoms with Gasteiger partial charge in [0, 0.05) is 17.0 Å². The Labute approximate surface area is 215 Å². The first kappa shape index (κ1) is 24.9. The number of ether oxygens (including phenoxy) is 1. The van der Waals surface area contributed by atoms with Gasteiger partial charge in [-0.3, -0.25) is 9.55 Å². The molecule has 0 saturated carbocycles. The second-order valence-corrected chi connectivity index (χ2v) is 11.0. The fourth-order valence-corrected chi connectivity index (χ4v) is 5.12. The molecule has 0 saturated heterocycles. The van der Waals surface area contributed by atoms with E-state index in [0.29, 0.717) is 17.1 Å². The number of nitrogens with zero attached hydrogens (tertiary/aromatic N) is 2. The van der Waals surface area contributed by atoms with Gasteiger partial charge in [0.1, 0.15) is 17.9 Å². The van der Waals surface area contributed by atoms with E-state index in [-0.39, 0.29) is 11.9 Å². The molecule has 37 heavy (non-hydrogen) atoms. The highest BCUT2D eigenvalue weighted by Gasteiger charge is 2.17. The number of benzene rings is 3. The third-order valence-corrected chi connectivity index (χ3v) is 7.47. The summed E-state index contributed by atoms with van der Waals surface area (Å²) in [6.45, 7) is 4.32. The number of pyridine rings is 2. The fourth-order valence-electron chi connectivity index (χ4n) is 4.51. The number of hydrogen-bond acceptors (Lipinski definition) is 5. The van der Waals surface area contributed by atoms with Crippen molar-refractivity contribution in [2.75, 3.05) is 5.73 Å². The molecule has 0 atom stereocenters. The van der Waals surface area contributed by atoms with E-state index in [9.17, 15) is 14.4 Å². The van der Waals surface area contributed by atoms with Crippen molar-refractivity contribution in [3.05, 3.63) is 101 Å². The topological polar surface area (TPSA) is 119 Å². The van der Waals surface area contributed by atoms with Crippen LogP contribution >= 0.6 is 7.60 Å². The third-order valence-electron chi connectivity index (χ3n) is 6.52. The SMILES string of the molecule is Cc1ccc2c(c1)nc(N)c1ncc(CCc3ccc(OCc4cccc(P(=O)(O)O)c4)cc3C)cc12. The molecule has 0 spiro atoms. The van der Waals surface area contributed by atoms with Gasteiger partial charge in [-0.2, -0.15) is 0 Å². The van der Waals surface area contributed by atoms with Crippen LogP contribution in [0.4, 0.5) is 5.82 Å². The quantitative estimate of drug-likeness (QED) is 0.203. The molecule has 8 heteroatoms. The van der Waals surface area contributed by atoms with Crippen LogP contribution in [-0.4, -0.2) is 19.8 Å². The van der Waals surface area contributed by atoms with E-state index in [0.717, 1.165) is 51.3 Å². The van der Waals surface area contributed by atoms with Crippen molar-refractivity contribution in [3.8, 4) is 5.75 Å². The zero-order valence-electron chi connectivity index (χ0n) is 20.7. The zero-order chi connectivity index (χ0) is 26.2. The average Bonchev–Trinajstić information content (AvgIpc) is 2.86. The van der Waals surface area contributed by atoms with E-state index < -0.39 is 7.60 Å². The van der Waals surface area contributed by atoms with E-state index in [1.165, 1.54) is 17.7 Å². The molecule has 5 aromatic rings. The number of nitrogen functional groups attached to an aromatic ring is 1. The highest BCUT2D eigenvalue weighted by Crippen LogP contribution is 2.33. The van der Waals surface area contributed by atoms with E-state index in [1.54, 1.807) is 12.1 Å². The molecule has 0 fully saturated rings. The zero-order valence-corrected chi connectivity index (χ0v) is 21.6. The number of nitrogens with two attached hydrogens (primary N) is 1. The highest BCUT2D eigenvalue weighted by molar-refractivity contribution is 7.60. The largest absolute Gasteiger partial charge is 0.489 e. The summed E-state index contributed by atoms with van der Waals surface area (Å²) in [5, 5.41) is 2.06. The number of fused-ring (bicyclic) bond motifs is 3. The number of hydrogen-bond donors (Lipinski definition) is 3. The van der Waals surface area contributed by atoms with Gasteiger partial charge in [-0.15, -0.1) is 0 Å². The molecule has 0 aliphatic rings. The highest BCUT2D eigenvalue weighted by atomic mass is 31.2. The molecule has 188 valence electrons. The maximum Gasteiger partial charge on any atom is 0.356 e. The minimum Gasteiger partial charge on any atom is -0.489 e. The maximum atomic E-state index is 11.5.